The molecule has 0 aliphatic carbocycles. The molecule has 33 heavy (non-hydrogen) atoms. The van der Waals surface area contributed by atoms with Gasteiger partial charge in [0.2, 0.25) is 0 Å². The lowest BCUT2D eigenvalue weighted by molar-refractivity contribution is -0.247. The Morgan fingerprint density at radius 2 is 1.24 bits per heavy atom. The average Bonchev–Trinajstić information content (AvgIpc) is 2.83. The Hall–Kier alpha value is -1.97. The van der Waals surface area contributed by atoms with Crippen molar-refractivity contribution in [3.05, 3.63) is 60.7 Å². The van der Waals surface area contributed by atoms with Gasteiger partial charge in [-0.05, 0) is 24.3 Å². The summed E-state index contributed by atoms with van der Waals surface area (Å²) in [5, 5.41) is 2.94. The molecule has 1 saturated heterocycles. The van der Waals surface area contributed by atoms with Crippen LogP contribution in [0.1, 0.15) is 0 Å². The second-order valence-electron chi connectivity index (χ2n) is 7.44. The average molecular weight is 481 g/mol. The molecule has 3 rings (SSSR count). The van der Waals surface area contributed by atoms with Gasteiger partial charge in [0.05, 0.1) is 12.7 Å². The third-order valence-electron chi connectivity index (χ3n) is 5.30. The molecule has 0 amide bonds. The van der Waals surface area contributed by atoms with Crippen molar-refractivity contribution < 1.29 is 37.3 Å². The third kappa shape index (κ3) is 6.77. The van der Waals surface area contributed by atoms with E-state index < -0.39 is 38.3 Å². The second kappa shape index (κ2) is 12.5. The van der Waals surface area contributed by atoms with Crippen LogP contribution in [-0.4, -0.2) is 72.1 Å². The van der Waals surface area contributed by atoms with Crippen LogP contribution < -0.4 is 14.1 Å². The number of benzene rings is 2. The number of ether oxygens (including phenoxy) is 5. The van der Waals surface area contributed by atoms with Gasteiger partial charge in [0.25, 0.3) is 0 Å². The van der Waals surface area contributed by atoms with Crippen LogP contribution in [-0.2, 0) is 28.2 Å². The normalized spacial score (nSPS) is 25.5. The van der Waals surface area contributed by atoms with Crippen LogP contribution in [0.25, 0.3) is 0 Å². The molecule has 1 aliphatic heterocycles. The Balaban J connectivity index is 1.80. The van der Waals surface area contributed by atoms with Gasteiger partial charge in [0, 0.05) is 35.0 Å². The number of hydrogen-bond acceptors (Lipinski definition) is 8. The van der Waals surface area contributed by atoms with E-state index in [9.17, 15) is 4.57 Å². The molecule has 182 valence electrons. The maximum absolute atomic E-state index is 13.7. The molecule has 0 spiro atoms. The van der Waals surface area contributed by atoms with Gasteiger partial charge in [0.1, 0.15) is 35.9 Å². The van der Waals surface area contributed by atoms with E-state index in [1.807, 2.05) is 12.1 Å². The summed E-state index contributed by atoms with van der Waals surface area (Å²) in [6.07, 6.45) is -2.28. The lowest BCUT2D eigenvalue weighted by Crippen LogP contribution is -2.62. The summed E-state index contributed by atoms with van der Waals surface area (Å²) in [5.74, 6) is 0.812. The molecule has 10 heteroatoms. The van der Waals surface area contributed by atoms with Crippen LogP contribution in [0.3, 0.4) is 0 Å². The molecule has 2 aromatic carbocycles. The predicted octanol–water partition coefficient (Wildman–Crippen LogP) is 3.30. The smallest absolute Gasteiger partial charge is 0.405 e. The fourth-order valence-electron chi connectivity index (χ4n) is 3.82. The van der Waals surface area contributed by atoms with Crippen molar-refractivity contribution in [2.24, 2.45) is 0 Å². The highest BCUT2D eigenvalue weighted by Crippen LogP contribution is 2.45. The van der Waals surface area contributed by atoms with Crippen LogP contribution in [0.2, 0.25) is 0 Å². The summed E-state index contributed by atoms with van der Waals surface area (Å²) in [5.41, 5.74) is 0. The topological polar surface area (TPSA) is 93.7 Å². The maximum Gasteiger partial charge on any atom is 0.512 e. The number of para-hydroxylation sites is 2. The molecule has 0 saturated carbocycles. The Morgan fingerprint density at radius 3 is 1.70 bits per heavy atom. The molecule has 0 radical (unpaired) electrons. The van der Waals surface area contributed by atoms with E-state index >= 15 is 0 Å². The maximum atomic E-state index is 13.7. The zero-order chi connectivity index (χ0) is 23.7. The van der Waals surface area contributed by atoms with E-state index in [1.165, 1.54) is 0 Å². The molecule has 2 aromatic rings. The van der Waals surface area contributed by atoms with Gasteiger partial charge in [-0.25, -0.2) is 4.57 Å². The summed E-state index contributed by atoms with van der Waals surface area (Å²) in [4.78, 5) is 0. The van der Waals surface area contributed by atoms with Crippen LogP contribution in [0.15, 0.2) is 60.7 Å². The molecule has 1 fully saturated rings. The van der Waals surface area contributed by atoms with E-state index in [-0.39, 0.29) is 6.54 Å². The zero-order valence-electron chi connectivity index (χ0n) is 19.3. The minimum absolute atomic E-state index is 0.103. The first-order valence-electron chi connectivity index (χ1n) is 10.6. The lowest BCUT2D eigenvalue weighted by atomic mass is 9.94. The third-order valence-corrected chi connectivity index (χ3v) is 6.77. The number of methoxy groups -OCH3 is 4. The number of nitrogens with one attached hydrogen (secondary N) is 1. The molecule has 1 aliphatic rings. The summed E-state index contributed by atoms with van der Waals surface area (Å²) in [7, 11) is 2.49. The molecule has 9 nitrogen and oxygen atoms in total. The largest absolute Gasteiger partial charge is 0.512 e. The Labute approximate surface area is 194 Å². The Kier molecular flexibility index (Phi) is 9.70. The lowest BCUT2D eigenvalue weighted by Gasteiger charge is -2.45. The Bertz CT molecular complexity index is 826. The van der Waals surface area contributed by atoms with E-state index in [4.69, 9.17) is 32.7 Å². The van der Waals surface area contributed by atoms with Crippen LogP contribution in [0, 0.1) is 0 Å². The highest BCUT2D eigenvalue weighted by atomic mass is 31.2. The summed E-state index contributed by atoms with van der Waals surface area (Å²) in [6, 6.07) is 17.7. The van der Waals surface area contributed by atoms with Gasteiger partial charge >= 0.3 is 7.75 Å². The monoisotopic (exact) mass is 481 g/mol. The molecule has 0 aromatic heterocycles. The first-order chi connectivity index (χ1) is 16.0. The summed E-state index contributed by atoms with van der Waals surface area (Å²) >= 11 is 0. The summed E-state index contributed by atoms with van der Waals surface area (Å²) < 4.78 is 53.8. The molecule has 1 N–H and O–H groups in total. The predicted molar refractivity (Wildman–Crippen MR) is 123 cm³/mol. The molecule has 0 unspecified atom stereocenters. The highest BCUT2D eigenvalue weighted by Gasteiger charge is 2.47. The SMILES string of the molecule is COC[C@H]1O[C@H](CNP(=O)(Oc2ccccc2)Oc2ccccc2)[C@@H](OC)[C@@H](OC)[C@@H]1OC. The van der Waals surface area contributed by atoms with Crippen molar-refractivity contribution in [2.75, 3.05) is 41.6 Å². The first kappa shape index (κ1) is 25.6. The van der Waals surface area contributed by atoms with Crippen molar-refractivity contribution in [3.8, 4) is 11.5 Å². The first-order valence-corrected chi connectivity index (χ1v) is 12.1. The minimum atomic E-state index is -3.84. The fourth-order valence-corrected chi connectivity index (χ4v) is 5.19. The van der Waals surface area contributed by atoms with Gasteiger partial charge < -0.3 is 32.7 Å². The van der Waals surface area contributed by atoms with Gasteiger partial charge in [-0.15, -0.1) is 0 Å². The summed E-state index contributed by atoms with van der Waals surface area (Å²) in [6.45, 7) is 0.399. The van der Waals surface area contributed by atoms with Crippen LogP contribution in [0.4, 0.5) is 0 Å². The molecular weight excluding hydrogens is 449 g/mol. The van der Waals surface area contributed by atoms with E-state index in [0.717, 1.165) is 0 Å². The second-order valence-corrected chi connectivity index (χ2v) is 9.11. The van der Waals surface area contributed by atoms with Crippen molar-refractivity contribution in [3.63, 3.8) is 0 Å². The van der Waals surface area contributed by atoms with Crippen LogP contribution >= 0.6 is 7.75 Å². The highest BCUT2D eigenvalue weighted by molar-refractivity contribution is 7.52. The number of rotatable bonds is 12. The zero-order valence-corrected chi connectivity index (χ0v) is 20.2. The van der Waals surface area contributed by atoms with Crippen molar-refractivity contribution in [1.29, 1.82) is 0 Å². The fraction of sp³-hybridized carbons (Fsp3) is 0.478. The minimum Gasteiger partial charge on any atom is -0.405 e. The Morgan fingerprint density at radius 1 is 0.758 bits per heavy atom. The van der Waals surface area contributed by atoms with E-state index in [1.54, 1.807) is 77.0 Å². The molecular formula is C23H32NO8P. The van der Waals surface area contributed by atoms with Gasteiger partial charge in [-0.1, -0.05) is 36.4 Å². The van der Waals surface area contributed by atoms with Crippen molar-refractivity contribution >= 4 is 7.75 Å². The molecule has 1 heterocycles. The molecule has 0 bridgehead atoms. The van der Waals surface area contributed by atoms with Crippen molar-refractivity contribution in [2.45, 2.75) is 30.5 Å². The van der Waals surface area contributed by atoms with Gasteiger partial charge in [-0.2, -0.15) is 5.09 Å². The van der Waals surface area contributed by atoms with E-state index in [0.29, 0.717) is 18.1 Å². The molecule has 5 atom stereocenters. The van der Waals surface area contributed by atoms with Gasteiger partial charge in [-0.3, -0.25) is 0 Å². The number of hydrogen-bond donors (Lipinski definition) is 1. The van der Waals surface area contributed by atoms with Crippen molar-refractivity contribution in [1.82, 2.24) is 5.09 Å². The van der Waals surface area contributed by atoms with Crippen LogP contribution in [0.5, 0.6) is 11.5 Å². The standard InChI is InChI=1S/C23H32NO8P/c1-26-16-20-22(28-3)23(29-4)21(27-2)19(30-20)15-24-33(25,31-17-11-7-5-8-12-17)32-18-13-9-6-10-14-18/h5-14,19-23H,15-16H2,1-4H3,(H,24,25)/t19-,20-,21-,22-,23-/m1/s1. The van der Waals surface area contributed by atoms with E-state index in [2.05, 4.69) is 5.09 Å². The van der Waals surface area contributed by atoms with Gasteiger partial charge in [0.15, 0.2) is 0 Å². The quantitative estimate of drug-likeness (QED) is 0.458.